The van der Waals surface area contributed by atoms with Gasteiger partial charge in [0.25, 0.3) is 0 Å². The van der Waals surface area contributed by atoms with Crippen molar-refractivity contribution in [2.75, 3.05) is 0 Å². The number of alkyl halides is 1. The number of halogens is 1. The summed E-state index contributed by atoms with van der Waals surface area (Å²) in [6.45, 7) is 1.44. The zero-order chi connectivity index (χ0) is 11.5. The van der Waals surface area contributed by atoms with Crippen molar-refractivity contribution in [2.24, 2.45) is 0 Å². The Bertz CT molecular complexity index is 502. The van der Waals surface area contributed by atoms with Crippen molar-refractivity contribution in [3.8, 4) is 17.0 Å². The van der Waals surface area contributed by atoms with Crippen molar-refractivity contribution in [3.05, 3.63) is 48.2 Å². The van der Waals surface area contributed by atoms with Crippen LogP contribution in [-0.4, -0.2) is 10.1 Å². The first-order chi connectivity index (χ1) is 7.68. The summed E-state index contributed by atoms with van der Waals surface area (Å²) in [6, 6.07) is 12.0. The Morgan fingerprint density at radius 1 is 1.12 bits per heavy atom. The van der Waals surface area contributed by atoms with E-state index in [2.05, 4.69) is 4.98 Å². The number of rotatable bonds is 2. The summed E-state index contributed by atoms with van der Waals surface area (Å²) in [5.41, 5.74) is 1.57. The summed E-state index contributed by atoms with van der Waals surface area (Å²) in [4.78, 5) is 4.17. The molecule has 0 aliphatic rings. The number of pyridine rings is 1. The fourth-order valence-electron chi connectivity index (χ4n) is 1.51. The molecule has 0 amide bonds. The normalized spacial score (nSPS) is 11.6. The monoisotopic (exact) mass is 276 g/mol. The molecule has 0 aliphatic heterocycles. The number of nitrogens with zero attached hydrogens (tertiary/aromatic N) is 1. The first kappa shape index (κ1) is 13.7. The summed E-state index contributed by atoms with van der Waals surface area (Å²) in [5.74, 6) is 0.152. The van der Waals surface area contributed by atoms with E-state index in [1.54, 1.807) is 36.4 Å². The van der Waals surface area contributed by atoms with Crippen LogP contribution in [0.2, 0.25) is 0 Å². The standard InChI is InChI=1S/C13H12FNO.Co/c1-9(14)11-6-4-7-12(15-11)10-5-2-3-8-13(10)16;/h2-9,16H,1H3;. The summed E-state index contributed by atoms with van der Waals surface area (Å²) in [7, 11) is 0. The Balaban J connectivity index is 0.00000144. The van der Waals surface area contributed by atoms with Gasteiger partial charge in [-0.05, 0) is 31.2 Å². The third-order valence-corrected chi connectivity index (χ3v) is 2.36. The van der Waals surface area contributed by atoms with Gasteiger partial charge < -0.3 is 5.11 Å². The van der Waals surface area contributed by atoms with Gasteiger partial charge in [0.05, 0.1) is 11.4 Å². The van der Waals surface area contributed by atoms with Gasteiger partial charge in [0.2, 0.25) is 0 Å². The van der Waals surface area contributed by atoms with E-state index < -0.39 is 6.17 Å². The molecule has 0 spiro atoms. The maximum absolute atomic E-state index is 13.1. The quantitative estimate of drug-likeness (QED) is 0.910. The number of hydrogen-bond donors (Lipinski definition) is 1. The Morgan fingerprint density at radius 2 is 1.82 bits per heavy atom. The third kappa shape index (κ3) is 3.05. The maximum Gasteiger partial charge on any atom is 0.139 e. The Labute approximate surface area is 110 Å². The van der Waals surface area contributed by atoms with Crippen molar-refractivity contribution in [1.82, 2.24) is 4.98 Å². The molecule has 0 saturated carbocycles. The molecule has 1 aromatic carbocycles. The first-order valence-electron chi connectivity index (χ1n) is 5.08. The number of hydrogen-bond acceptors (Lipinski definition) is 2. The van der Waals surface area contributed by atoms with Gasteiger partial charge in [-0.2, -0.15) is 0 Å². The minimum Gasteiger partial charge on any atom is -0.507 e. The Hall–Kier alpha value is -1.39. The SMILES string of the molecule is CC(F)c1cccc(-c2ccccc2O)n1.[Co]. The molecule has 1 unspecified atom stereocenters. The maximum atomic E-state index is 13.1. The van der Waals surface area contributed by atoms with Crippen LogP contribution in [0.5, 0.6) is 5.75 Å². The average Bonchev–Trinajstić information content (AvgIpc) is 2.30. The molecule has 0 aliphatic carbocycles. The Kier molecular flexibility index (Phi) is 4.66. The van der Waals surface area contributed by atoms with E-state index in [9.17, 15) is 9.50 Å². The van der Waals surface area contributed by atoms with Gasteiger partial charge in [0.1, 0.15) is 11.9 Å². The molecule has 1 N–H and O–H groups in total. The van der Waals surface area contributed by atoms with Crippen LogP contribution in [0.25, 0.3) is 11.3 Å². The average molecular weight is 276 g/mol. The summed E-state index contributed by atoms with van der Waals surface area (Å²) >= 11 is 0. The molecule has 1 aromatic heterocycles. The van der Waals surface area contributed by atoms with Crippen LogP contribution >= 0.6 is 0 Å². The van der Waals surface area contributed by atoms with Crippen LogP contribution in [-0.2, 0) is 16.8 Å². The van der Waals surface area contributed by atoms with Gasteiger partial charge in [0, 0.05) is 22.3 Å². The number of para-hydroxylation sites is 1. The minimum atomic E-state index is -1.11. The molecular formula is C13H12CoFNO. The van der Waals surface area contributed by atoms with Crippen molar-refractivity contribution < 1.29 is 26.3 Å². The largest absolute Gasteiger partial charge is 0.507 e. The molecule has 1 heterocycles. The second kappa shape index (κ2) is 5.79. The van der Waals surface area contributed by atoms with E-state index >= 15 is 0 Å². The molecule has 1 atom stereocenters. The Morgan fingerprint density at radius 3 is 2.47 bits per heavy atom. The minimum absolute atomic E-state index is 0. The second-order valence-electron chi connectivity index (χ2n) is 3.58. The van der Waals surface area contributed by atoms with Crippen molar-refractivity contribution >= 4 is 0 Å². The van der Waals surface area contributed by atoms with Gasteiger partial charge in [-0.15, -0.1) is 0 Å². The topological polar surface area (TPSA) is 33.1 Å². The van der Waals surface area contributed by atoms with Crippen LogP contribution in [0.1, 0.15) is 18.8 Å². The van der Waals surface area contributed by atoms with Crippen LogP contribution in [0.15, 0.2) is 42.5 Å². The van der Waals surface area contributed by atoms with E-state index in [0.29, 0.717) is 17.0 Å². The van der Waals surface area contributed by atoms with E-state index in [1.165, 1.54) is 6.92 Å². The fraction of sp³-hybridized carbons (Fsp3) is 0.154. The van der Waals surface area contributed by atoms with Crippen LogP contribution in [0.3, 0.4) is 0 Å². The molecule has 2 nitrogen and oxygen atoms in total. The fourth-order valence-corrected chi connectivity index (χ4v) is 1.51. The van der Waals surface area contributed by atoms with E-state index in [-0.39, 0.29) is 22.5 Å². The molecule has 4 heteroatoms. The number of phenolic OH excluding ortho intramolecular Hbond substituents is 1. The molecule has 91 valence electrons. The van der Waals surface area contributed by atoms with Crippen molar-refractivity contribution in [1.29, 1.82) is 0 Å². The smallest absolute Gasteiger partial charge is 0.139 e. The number of aromatic nitrogens is 1. The third-order valence-electron chi connectivity index (χ3n) is 2.36. The second-order valence-corrected chi connectivity index (χ2v) is 3.58. The molecule has 0 bridgehead atoms. The van der Waals surface area contributed by atoms with Crippen LogP contribution in [0, 0.1) is 0 Å². The number of phenols is 1. The van der Waals surface area contributed by atoms with Crippen LogP contribution < -0.4 is 0 Å². The van der Waals surface area contributed by atoms with E-state index in [1.807, 2.05) is 6.07 Å². The summed E-state index contributed by atoms with van der Waals surface area (Å²) in [6.07, 6.45) is -1.11. The van der Waals surface area contributed by atoms with Gasteiger partial charge >= 0.3 is 0 Å². The molecule has 2 aromatic rings. The number of aromatic hydroxyl groups is 1. The molecule has 17 heavy (non-hydrogen) atoms. The molecular weight excluding hydrogens is 264 g/mol. The first-order valence-corrected chi connectivity index (χ1v) is 5.08. The molecule has 1 radical (unpaired) electrons. The van der Waals surface area contributed by atoms with Gasteiger partial charge in [-0.25, -0.2) is 9.37 Å². The predicted octanol–water partition coefficient (Wildman–Crippen LogP) is 3.48. The predicted molar refractivity (Wildman–Crippen MR) is 60.9 cm³/mol. The van der Waals surface area contributed by atoms with Crippen molar-refractivity contribution in [2.45, 2.75) is 13.1 Å². The van der Waals surface area contributed by atoms with Gasteiger partial charge in [-0.3, -0.25) is 0 Å². The zero-order valence-corrected chi connectivity index (χ0v) is 10.3. The molecule has 2 rings (SSSR count). The number of benzene rings is 1. The summed E-state index contributed by atoms with van der Waals surface area (Å²) in [5, 5.41) is 9.66. The molecule has 0 saturated heterocycles. The van der Waals surface area contributed by atoms with Gasteiger partial charge in [-0.1, -0.05) is 18.2 Å². The van der Waals surface area contributed by atoms with Crippen LogP contribution in [0.4, 0.5) is 4.39 Å². The zero-order valence-electron chi connectivity index (χ0n) is 9.22. The van der Waals surface area contributed by atoms with E-state index in [4.69, 9.17) is 0 Å². The summed E-state index contributed by atoms with van der Waals surface area (Å²) < 4.78 is 13.1. The van der Waals surface area contributed by atoms with Gasteiger partial charge in [0.15, 0.2) is 0 Å². The van der Waals surface area contributed by atoms with Crippen molar-refractivity contribution in [3.63, 3.8) is 0 Å². The molecule has 0 fully saturated rings. The van der Waals surface area contributed by atoms with E-state index in [0.717, 1.165) is 0 Å².